The molecule has 4 aromatic rings. The van der Waals surface area contributed by atoms with E-state index in [2.05, 4.69) is 72.8 Å². The molecule has 0 nitrogen and oxygen atoms in total. The number of hydrogen-bond donors (Lipinski definition) is 0. The summed E-state index contributed by atoms with van der Waals surface area (Å²) < 4.78 is 0. The SMILES string of the molecule is Clc1ccc(SC2=CC34C=C(Sc5ccc(Cl)cc5)CC3(CCC4)C2)cc1.Clc1ccc(SC2=C[C@]34CCC[C@]3(C=C(Sc3ccc(Cl)cc3)C4)C2)cc1. The lowest BCUT2D eigenvalue weighted by Crippen LogP contribution is -2.26. The molecule has 2 atom stereocenters. The van der Waals surface area contributed by atoms with Gasteiger partial charge in [0.15, 0.2) is 0 Å². The second-order valence-electron chi connectivity index (χ2n) is 15.7. The standard InChI is InChI=1S/2C23H20Cl2S2/c2*24-16-2-6-18(7-3-16)26-20-12-22-10-1-11-23(22,13-20)15-21(14-22)27-19-8-4-17(25)5-9-19/h2-9,12,15H,1,10-11,13-14H2;2-9,12,14H,1,10-11,13,15H2/t22-,23+;/m0./s1. The molecular weight excluding hydrogens is 823 g/mol. The molecule has 6 aliphatic carbocycles. The molecule has 0 aliphatic heterocycles. The van der Waals surface area contributed by atoms with Gasteiger partial charge in [-0.05, 0) is 173 Å². The largest absolute Gasteiger partial charge is 0.0948 e. The Balaban J connectivity index is 0.000000142. The molecule has 4 aromatic carbocycles. The van der Waals surface area contributed by atoms with Gasteiger partial charge in [-0.15, -0.1) is 0 Å². The van der Waals surface area contributed by atoms with E-state index in [1.54, 1.807) is 0 Å². The Labute approximate surface area is 357 Å². The molecule has 0 aromatic heterocycles. The third kappa shape index (κ3) is 7.46. The average molecular weight is 863 g/mol. The molecule has 0 spiro atoms. The van der Waals surface area contributed by atoms with E-state index in [1.165, 1.54) is 103 Å². The topological polar surface area (TPSA) is 0 Å². The molecule has 8 heteroatoms. The molecule has 2 saturated carbocycles. The fraction of sp³-hybridized carbons (Fsp3) is 0.304. The van der Waals surface area contributed by atoms with Crippen LogP contribution in [0.4, 0.5) is 0 Å². The van der Waals surface area contributed by atoms with Gasteiger partial charge < -0.3 is 0 Å². The monoisotopic (exact) mass is 860 g/mol. The maximum Gasteiger partial charge on any atom is 0.0406 e. The van der Waals surface area contributed by atoms with Crippen LogP contribution in [0.2, 0.25) is 20.1 Å². The van der Waals surface area contributed by atoms with Crippen LogP contribution in [0.1, 0.15) is 64.2 Å². The summed E-state index contributed by atoms with van der Waals surface area (Å²) >= 11 is 31.8. The highest BCUT2D eigenvalue weighted by Crippen LogP contribution is 2.72. The number of hydrogen-bond acceptors (Lipinski definition) is 4. The highest BCUT2D eigenvalue weighted by atomic mass is 35.5. The minimum atomic E-state index is 0.274. The van der Waals surface area contributed by atoms with Gasteiger partial charge in [-0.25, -0.2) is 0 Å². The van der Waals surface area contributed by atoms with Crippen molar-refractivity contribution in [1.29, 1.82) is 0 Å². The van der Waals surface area contributed by atoms with Crippen molar-refractivity contribution in [2.75, 3.05) is 0 Å². The minimum absolute atomic E-state index is 0.274. The summed E-state index contributed by atoms with van der Waals surface area (Å²) in [7, 11) is 0. The Morgan fingerprint density at radius 2 is 0.667 bits per heavy atom. The summed E-state index contributed by atoms with van der Waals surface area (Å²) in [5, 5.41) is 3.21. The summed E-state index contributed by atoms with van der Waals surface area (Å²) in [5.41, 5.74) is 1.38. The van der Waals surface area contributed by atoms with Crippen molar-refractivity contribution in [3.63, 3.8) is 0 Å². The summed E-state index contributed by atoms with van der Waals surface area (Å²) in [6, 6.07) is 32.9. The molecule has 54 heavy (non-hydrogen) atoms. The third-order valence-electron chi connectivity index (χ3n) is 12.4. The van der Waals surface area contributed by atoms with E-state index in [4.69, 9.17) is 46.4 Å². The summed E-state index contributed by atoms with van der Waals surface area (Å²) in [5.74, 6) is 0. The van der Waals surface area contributed by atoms with E-state index in [0.717, 1.165) is 20.1 Å². The van der Waals surface area contributed by atoms with Crippen molar-refractivity contribution >= 4 is 93.5 Å². The molecule has 276 valence electrons. The number of benzene rings is 4. The van der Waals surface area contributed by atoms with Crippen molar-refractivity contribution in [2.24, 2.45) is 21.7 Å². The van der Waals surface area contributed by atoms with Gasteiger partial charge in [0.25, 0.3) is 0 Å². The molecule has 0 heterocycles. The van der Waals surface area contributed by atoms with Crippen LogP contribution in [0, 0.1) is 21.7 Å². The molecule has 0 N–H and O–H groups in total. The van der Waals surface area contributed by atoms with Crippen LogP contribution in [0.15, 0.2) is 161 Å². The van der Waals surface area contributed by atoms with Gasteiger partial charge >= 0.3 is 0 Å². The zero-order chi connectivity index (χ0) is 37.0. The van der Waals surface area contributed by atoms with E-state index < -0.39 is 0 Å². The fourth-order valence-electron chi connectivity index (χ4n) is 10.1. The van der Waals surface area contributed by atoms with Gasteiger partial charge in [-0.1, -0.05) is 131 Å². The van der Waals surface area contributed by atoms with Gasteiger partial charge in [0.1, 0.15) is 0 Å². The lowest BCUT2D eigenvalue weighted by atomic mass is 9.70. The van der Waals surface area contributed by atoms with E-state index in [1.807, 2.05) is 95.6 Å². The first-order valence-corrected chi connectivity index (χ1v) is 23.5. The Kier molecular flexibility index (Phi) is 10.7. The van der Waals surface area contributed by atoms with Crippen molar-refractivity contribution in [3.05, 3.63) is 161 Å². The lowest BCUT2D eigenvalue weighted by Gasteiger charge is -2.33. The van der Waals surface area contributed by atoms with Crippen molar-refractivity contribution < 1.29 is 0 Å². The van der Waals surface area contributed by atoms with Crippen LogP contribution in [-0.2, 0) is 0 Å². The van der Waals surface area contributed by atoms with Gasteiger partial charge in [0.2, 0.25) is 0 Å². The zero-order valence-corrected chi connectivity index (χ0v) is 36.1. The van der Waals surface area contributed by atoms with E-state index in [9.17, 15) is 0 Å². The van der Waals surface area contributed by atoms with Crippen molar-refractivity contribution in [2.45, 2.75) is 83.8 Å². The molecular formula is C46H40Cl4S4. The van der Waals surface area contributed by atoms with Crippen LogP contribution in [0.25, 0.3) is 0 Å². The van der Waals surface area contributed by atoms with Gasteiger partial charge in [-0.3, -0.25) is 0 Å². The van der Waals surface area contributed by atoms with Crippen LogP contribution in [0.5, 0.6) is 0 Å². The van der Waals surface area contributed by atoms with Crippen molar-refractivity contribution in [1.82, 2.24) is 0 Å². The molecule has 0 bridgehead atoms. The first-order chi connectivity index (χ1) is 26.1. The predicted octanol–water partition coefficient (Wildman–Crippen LogP) is 17.2. The average Bonchev–Trinajstić information content (AvgIpc) is 3.91. The van der Waals surface area contributed by atoms with Crippen LogP contribution in [-0.4, -0.2) is 0 Å². The van der Waals surface area contributed by atoms with E-state index >= 15 is 0 Å². The second kappa shape index (κ2) is 15.3. The van der Waals surface area contributed by atoms with Gasteiger partial charge in [0, 0.05) is 55.9 Å². The molecule has 6 aliphatic rings. The summed E-state index contributed by atoms with van der Waals surface area (Å²) in [6.45, 7) is 0. The quantitative estimate of drug-likeness (QED) is 0.173. The van der Waals surface area contributed by atoms with Crippen LogP contribution in [0.3, 0.4) is 0 Å². The summed E-state index contributed by atoms with van der Waals surface area (Å²) in [6.07, 6.45) is 23.2. The first-order valence-electron chi connectivity index (χ1n) is 18.7. The number of rotatable bonds is 8. The highest BCUT2D eigenvalue weighted by molar-refractivity contribution is 8.04. The normalized spacial score (nSPS) is 28.7. The van der Waals surface area contributed by atoms with Gasteiger partial charge in [-0.2, -0.15) is 0 Å². The smallest absolute Gasteiger partial charge is 0.0406 e. The molecule has 2 fully saturated rings. The Morgan fingerprint density at radius 3 is 1.00 bits per heavy atom. The maximum atomic E-state index is 6.03. The van der Waals surface area contributed by atoms with E-state index in [-0.39, 0.29) is 5.41 Å². The molecule has 10 rings (SSSR count). The lowest BCUT2D eigenvalue weighted by molar-refractivity contribution is 0.215. The Bertz CT molecular complexity index is 2020. The molecule has 0 radical (unpaired) electrons. The van der Waals surface area contributed by atoms with E-state index in [0.29, 0.717) is 16.2 Å². The van der Waals surface area contributed by atoms with Crippen LogP contribution < -0.4 is 0 Å². The summed E-state index contributed by atoms with van der Waals surface area (Å²) in [4.78, 5) is 11.3. The zero-order valence-electron chi connectivity index (χ0n) is 29.8. The Hall–Kier alpha value is -1.60. The maximum absolute atomic E-state index is 6.03. The third-order valence-corrected chi connectivity index (χ3v) is 17.6. The van der Waals surface area contributed by atoms with Gasteiger partial charge in [0.05, 0.1) is 0 Å². The fourth-order valence-corrected chi connectivity index (χ4v) is 15.4. The first kappa shape index (κ1) is 37.9. The minimum Gasteiger partial charge on any atom is -0.0948 e. The molecule has 0 unspecified atom stereocenters. The molecule has 0 amide bonds. The highest BCUT2D eigenvalue weighted by Gasteiger charge is 2.60. The number of thioether (sulfide) groups is 4. The number of allylic oxidation sites excluding steroid dienone is 8. The Morgan fingerprint density at radius 1 is 0.352 bits per heavy atom. The second-order valence-corrected chi connectivity index (χ2v) is 22.3. The predicted molar refractivity (Wildman–Crippen MR) is 237 cm³/mol. The van der Waals surface area contributed by atoms with Crippen molar-refractivity contribution in [3.8, 4) is 0 Å². The van der Waals surface area contributed by atoms with Crippen LogP contribution >= 0.6 is 93.5 Å². The molecule has 0 saturated heterocycles. The number of halogens is 4.